The lowest BCUT2D eigenvalue weighted by Crippen LogP contribution is -2.34. The van der Waals surface area contributed by atoms with Crippen LogP contribution in [-0.4, -0.2) is 29.8 Å². The van der Waals surface area contributed by atoms with E-state index in [1.807, 2.05) is 6.92 Å². The molecule has 1 aliphatic heterocycles. The summed E-state index contributed by atoms with van der Waals surface area (Å²) >= 11 is 0. The molecule has 1 fully saturated rings. The van der Waals surface area contributed by atoms with Gasteiger partial charge in [-0.05, 0) is 38.3 Å². The lowest BCUT2D eigenvalue weighted by Gasteiger charge is -2.27. The van der Waals surface area contributed by atoms with Crippen molar-refractivity contribution >= 4 is 5.78 Å². The molecule has 0 radical (unpaired) electrons. The molecule has 0 saturated carbocycles. The average Bonchev–Trinajstić information content (AvgIpc) is 2.65. The lowest BCUT2D eigenvalue weighted by atomic mass is 10.0. The Labute approximate surface area is 94.0 Å². The number of nitrogens with zero attached hydrogens (tertiary/aromatic N) is 1. The van der Waals surface area contributed by atoms with Crippen LogP contribution < -0.4 is 0 Å². The van der Waals surface area contributed by atoms with Gasteiger partial charge in [0.15, 0.2) is 0 Å². The van der Waals surface area contributed by atoms with E-state index in [0.717, 1.165) is 31.3 Å². The third-order valence-electron chi connectivity index (χ3n) is 3.48. The fourth-order valence-corrected chi connectivity index (χ4v) is 2.54. The van der Waals surface area contributed by atoms with Crippen LogP contribution in [0.3, 0.4) is 0 Å². The van der Waals surface area contributed by atoms with Gasteiger partial charge in [-0.25, -0.2) is 0 Å². The number of carbonyl (C=O) groups excluding carboxylic acids is 1. The monoisotopic (exact) mass is 211 g/mol. The minimum atomic E-state index is 0.412. The standard InChI is InChI=1S/C13H25NO/c1-4-12(15)7-5-9-14-10-6-8-13(14)11(2)3/h11,13H,4-10H2,1-3H3. The number of rotatable bonds is 6. The molecular formula is C13H25NO. The van der Waals surface area contributed by atoms with Crippen LogP contribution in [0, 0.1) is 5.92 Å². The first-order chi connectivity index (χ1) is 7.15. The van der Waals surface area contributed by atoms with Gasteiger partial charge in [-0.2, -0.15) is 0 Å². The quantitative estimate of drug-likeness (QED) is 0.673. The van der Waals surface area contributed by atoms with Gasteiger partial charge in [-0.15, -0.1) is 0 Å². The summed E-state index contributed by atoms with van der Waals surface area (Å²) in [5.74, 6) is 1.17. The molecule has 1 saturated heterocycles. The molecule has 1 unspecified atom stereocenters. The van der Waals surface area contributed by atoms with Gasteiger partial charge in [-0.3, -0.25) is 4.79 Å². The Kier molecular flexibility index (Phi) is 5.30. The first-order valence-electron chi connectivity index (χ1n) is 6.41. The molecule has 1 aliphatic rings. The van der Waals surface area contributed by atoms with Gasteiger partial charge in [-0.1, -0.05) is 20.8 Å². The molecule has 0 bridgehead atoms. The summed E-state index contributed by atoms with van der Waals surface area (Å²) in [5, 5.41) is 0. The smallest absolute Gasteiger partial charge is 0.132 e. The Bertz CT molecular complexity index is 201. The van der Waals surface area contributed by atoms with E-state index < -0.39 is 0 Å². The van der Waals surface area contributed by atoms with Crippen LogP contribution in [0.15, 0.2) is 0 Å². The molecule has 0 aromatic carbocycles. The predicted octanol–water partition coefficient (Wildman–Crippen LogP) is 2.87. The maximum atomic E-state index is 11.2. The van der Waals surface area contributed by atoms with Crippen LogP contribution >= 0.6 is 0 Å². The largest absolute Gasteiger partial charge is 0.300 e. The Balaban J connectivity index is 2.23. The molecule has 0 amide bonds. The first-order valence-corrected chi connectivity index (χ1v) is 6.41. The highest BCUT2D eigenvalue weighted by molar-refractivity contribution is 5.77. The van der Waals surface area contributed by atoms with Crippen molar-refractivity contribution in [2.75, 3.05) is 13.1 Å². The summed E-state index contributed by atoms with van der Waals surface area (Å²) in [7, 11) is 0. The van der Waals surface area contributed by atoms with Crippen LogP contribution in [0.5, 0.6) is 0 Å². The van der Waals surface area contributed by atoms with Crippen molar-refractivity contribution < 1.29 is 4.79 Å². The van der Waals surface area contributed by atoms with Crippen molar-refractivity contribution in [3.63, 3.8) is 0 Å². The highest BCUT2D eigenvalue weighted by atomic mass is 16.1. The second-order valence-corrected chi connectivity index (χ2v) is 4.99. The van der Waals surface area contributed by atoms with Crippen molar-refractivity contribution in [2.45, 2.75) is 58.9 Å². The van der Waals surface area contributed by atoms with E-state index >= 15 is 0 Å². The Morgan fingerprint density at radius 1 is 1.47 bits per heavy atom. The van der Waals surface area contributed by atoms with Gasteiger partial charge in [0.2, 0.25) is 0 Å². The molecule has 1 rings (SSSR count). The molecule has 1 atom stereocenters. The summed E-state index contributed by atoms with van der Waals surface area (Å²) in [4.78, 5) is 13.8. The number of ketones is 1. The van der Waals surface area contributed by atoms with Crippen LogP contribution in [0.4, 0.5) is 0 Å². The number of hydrogen-bond acceptors (Lipinski definition) is 2. The van der Waals surface area contributed by atoms with Crippen LogP contribution in [0.2, 0.25) is 0 Å². The van der Waals surface area contributed by atoms with Gasteiger partial charge < -0.3 is 4.90 Å². The van der Waals surface area contributed by atoms with Gasteiger partial charge in [0.1, 0.15) is 5.78 Å². The molecule has 2 nitrogen and oxygen atoms in total. The SMILES string of the molecule is CCC(=O)CCCN1CCCC1C(C)C. The van der Waals surface area contributed by atoms with E-state index in [0.29, 0.717) is 12.2 Å². The summed E-state index contributed by atoms with van der Waals surface area (Å²) in [6.45, 7) is 8.92. The summed E-state index contributed by atoms with van der Waals surface area (Å²) in [6.07, 6.45) is 5.21. The summed E-state index contributed by atoms with van der Waals surface area (Å²) in [6, 6.07) is 0.765. The minimum absolute atomic E-state index is 0.412. The lowest BCUT2D eigenvalue weighted by molar-refractivity contribution is -0.118. The average molecular weight is 211 g/mol. The highest BCUT2D eigenvalue weighted by Gasteiger charge is 2.26. The topological polar surface area (TPSA) is 20.3 Å². The van der Waals surface area contributed by atoms with E-state index in [1.54, 1.807) is 0 Å². The zero-order chi connectivity index (χ0) is 11.3. The Morgan fingerprint density at radius 3 is 2.80 bits per heavy atom. The van der Waals surface area contributed by atoms with Crippen LogP contribution in [-0.2, 0) is 4.79 Å². The Morgan fingerprint density at radius 2 is 2.20 bits per heavy atom. The van der Waals surface area contributed by atoms with Gasteiger partial charge in [0.25, 0.3) is 0 Å². The predicted molar refractivity (Wildman–Crippen MR) is 64.0 cm³/mol. The molecular weight excluding hydrogens is 186 g/mol. The number of carbonyl (C=O) groups is 1. The molecule has 1 heterocycles. The third-order valence-corrected chi connectivity index (χ3v) is 3.48. The van der Waals surface area contributed by atoms with Gasteiger partial charge in [0, 0.05) is 18.9 Å². The third kappa shape index (κ3) is 3.94. The number of likely N-dealkylation sites (tertiary alicyclic amines) is 1. The molecule has 0 spiro atoms. The summed E-state index contributed by atoms with van der Waals surface area (Å²) < 4.78 is 0. The van der Waals surface area contributed by atoms with Crippen molar-refractivity contribution in [1.82, 2.24) is 4.90 Å². The molecule has 0 aromatic heterocycles. The van der Waals surface area contributed by atoms with E-state index in [4.69, 9.17) is 0 Å². The number of Topliss-reactive ketones (excluding diaryl/α,β-unsaturated/α-hetero) is 1. The fraction of sp³-hybridized carbons (Fsp3) is 0.923. The van der Waals surface area contributed by atoms with E-state index in [9.17, 15) is 4.79 Å². The van der Waals surface area contributed by atoms with Gasteiger partial charge in [0.05, 0.1) is 0 Å². The second kappa shape index (κ2) is 6.26. The van der Waals surface area contributed by atoms with Crippen molar-refractivity contribution in [3.8, 4) is 0 Å². The summed E-state index contributed by atoms with van der Waals surface area (Å²) in [5.41, 5.74) is 0. The molecule has 15 heavy (non-hydrogen) atoms. The molecule has 0 N–H and O–H groups in total. The maximum Gasteiger partial charge on any atom is 0.132 e. The highest BCUT2D eigenvalue weighted by Crippen LogP contribution is 2.23. The van der Waals surface area contributed by atoms with Crippen LogP contribution in [0.25, 0.3) is 0 Å². The van der Waals surface area contributed by atoms with Crippen molar-refractivity contribution in [2.24, 2.45) is 5.92 Å². The Hall–Kier alpha value is -0.370. The van der Waals surface area contributed by atoms with Crippen molar-refractivity contribution in [1.29, 1.82) is 0 Å². The van der Waals surface area contributed by atoms with Crippen LogP contribution in [0.1, 0.15) is 52.9 Å². The first kappa shape index (κ1) is 12.7. The zero-order valence-electron chi connectivity index (χ0n) is 10.5. The maximum absolute atomic E-state index is 11.2. The number of hydrogen-bond donors (Lipinski definition) is 0. The normalized spacial score (nSPS) is 22.5. The molecule has 0 aromatic rings. The molecule has 2 heteroatoms. The fourth-order valence-electron chi connectivity index (χ4n) is 2.54. The van der Waals surface area contributed by atoms with Crippen molar-refractivity contribution in [3.05, 3.63) is 0 Å². The second-order valence-electron chi connectivity index (χ2n) is 4.99. The molecule has 88 valence electrons. The minimum Gasteiger partial charge on any atom is -0.300 e. The van der Waals surface area contributed by atoms with E-state index in [2.05, 4.69) is 18.7 Å². The van der Waals surface area contributed by atoms with E-state index in [1.165, 1.54) is 19.4 Å². The molecule has 0 aliphatic carbocycles. The van der Waals surface area contributed by atoms with Gasteiger partial charge >= 0.3 is 0 Å². The van der Waals surface area contributed by atoms with E-state index in [-0.39, 0.29) is 0 Å². The zero-order valence-corrected chi connectivity index (χ0v) is 10.5.